The molecule has 0 unspecified atom stereocenters. The zero-order chi connectivity index (χ0) is 17.0. The van der Waals surface area contributed by atoms with Crippen molar-refractivity contribution < 1.29 is 4.74 Å². The van der Waals surface area contributed by atoms with Crippen molar-refractivity contribution in [2.45, 2.75) is 20.0 Å². The van der Waals surface area contributed by atoms with Gasteiger partial charge in [-0.05, 0) is 50.2 Å². The summed E-state index contributed by atoms with van der Waals surface area (Å²) >= 11 is 0. The summed E-state index contributed by atoms with van der Waals surface area (Å²) in [5.74, 6) is 0.996. The van der Waals surface area contributed by atoms with E-state index in [1.54, 1.807) is 0 Å². The number of ether oxygens (including phenoxy) is 1. The van der Waals surface area contributed by atoms with Crippen molar-refractivity contribution in [3.05, 3.63) is 84.9 Å². The summed E-state index contributed by atoms with van der Waals surface area (Å²) < 4.78 is 6.16. The summed E-state index contributed by atoms with van der Waals surface area (Å²) in [5.41, 5.74) is 0. The molecule has 0 bridgehead atoms. The topological polar surface area (TPSA) is 9.23 Å². The molecule has 0 spiro atoms. The van der Waals surface area contributed by atoms with E-state index in [4.69, 9.17) is 4.74 Å². The van der Waals surface area contributed by atoms with Gasteiger partial charge in [0.2, 0.25) is 0 Å². The van der Waals surface area contributed by atoms with Crippen LogP contribution >= 0.6 is 7.26 Å². The van der Waals surface area contributed by atoms with Crippen LogP contribution in [0.25, 0.3) is 0 Å². The minimum absolute atomic E-state index is 0.158. The molecule has 0 aliphatic carbocycles. The fourth-order valence-electron chi connectivity index (χ4n) is 3.06. The Labute approximate surface area is 145 Å². The van der Waals surface area contributed by atoms with E-state index >= 15 is 0 Å². The molecule has 0 radical (unpaired) electrons. The Balaban J connectivity index is 2.24. The van der Waals surface area contributed by atoms with Gasteiger partial charge in [0.25, 0.3) is 0 Å². The van der Waals surface area contributed by atoms with Gasteiger partial charge >= 0.3 is 0 Å². The maximum absolute atomic E-state index is 6.16. The van der Waals surface area contributed by atoms with E-state index in [2.05, 4.69) is 105 Å². The van der Waals surface area contributed by atoms with Gasteiger partial charge in [-0.1, -0.05) is 48.5 Å². The number of para-hydroxylation sites is 1. The van der Waals surface area contributed by atoms with Gasteiger partial charge in [-0.25, -0.2) is 0 Å². The predicted molar refractivity (Wildman–Crippen MR) is 107 cm³/mol. The van der Waals surface area contributed by atoms with Crippen LogP contribution in [0.4, 0.5) is 0 Å². The highest BCUT2D eigenvalue weighted by atomic mass is 31.2. The van der Waals surface area contributed by atoms with Crippen molar-refractivity contribution in [2.75, 3.05) is 6.66 Å². The maximum atomic E-state index is 6.16. The Hall–Kier alpha value is -2.11. The molecular formula is C22H24OP+. The van der Waals surface area contributed by atoms with Crippen molar-refractivity contribution in [1.29, 1.82) is 0 Å². The van der Waals surface area contributed by atoms with Crippen LogP contribution in [0.3, 0.4) is 0 Å². The lowest BCUT2D eigenvalue weighted by atomic mass is 10.3. The molecule has 3 aromatic carbocycles. The molecule has 0 N–H and O–H groups in total. The highest BCUT2D eigenvalue weighted by molar-refractivity contribution is 7.95. The van der Waals surface area contributed by atoms with E-state index in [0.29, 0.717) is 0 Å². The molecule has 24 heavy (non-hydrogen) atoms. The van der Waals surface area contributed by atoms with Gasteiger partial charge in [0.05, 0.1) is 12.8 Å². The Bertz CT molecular complexity index is 742. The van der Waals surface area contributed by atoms with Crippen LogP contribution in [0.2, 0.25) is 0 Å². The molecule has 0 heterocycles. The monoisotopic (exact) mass is 335 g/mol. The van der Waals surface area contributed by atoms with Crippen LogP contribution in [0.1, 0.15) is 13.8 Å². The third kappa shape index (κ3) is 3.23. The lowest BCUT2D eigenvalue weighted by Gasteiger charge is -2.25. The minimum atomic E-state index is -1.75. The fraction of sp³-hybridized carbons (Fsp3) is 0.182. The van der Waals surface area contributed by atoms with Gasteiger partial charge in [0.1, 0.15) is 23.2 Å². The molecule has 3 aromatic rings. The van der Waals surface area contributed by atoms with E-state index < -0.39 is 7.26 Å². The van der Waals surface area contributed by atoms with Gasteiger partial charge < -0.3 is 4.74 Å². The van der Waals surface area contributed by atoms with Crippen molar-refractivity contribution in [3.63, 3.8) is 0 Å². The van der Waals surface area contributed by atoms with Gasteiger partial charge in [0, 0.05) is 0 Å². The van der Waals surface area contributed by atoms with Crippen LogP contribution in [-0.4, -0.2) is 12.8 Å². The van der Waals surface area contributed by atoms with Gasteiger partial charge in [-0.3, -0.25) is 0 Å². The highest BCUT2D eigenvalue weighted by Crippen LogP contribution is 2.53. The molecule has 2 heteroatoms. The molecule has 122 valence electrons. The second-order valence-electron chi connectivity index (χ2n) is 6.31. The summed E-state index contributed by atoms with van der Waals surface area (Å²) in [6, 6.07) is 30.1. The first kappa shape index (κ1) is 16.7. The number of benzene rings is 3. The lowest BCUT2D eigenvalue weighted by molar-refractivity contribution is 0.244. The highest BCUT2D eigenvalue weighted by Gasteiger charge is 2.42. The average Bonchev–Trinajstić information content (AvgIpc) is 2.62. The molecule has 0 saturated heterocycles. The molecule has 3 rings (SSSR count). The van der Waals surface area contributed by atoms with Crippen molar-refractivity contribution in [2.24, 2.45) is 0 Å². The summed E-state index contributed by atoms with van der Waals surface area (Å²) in [7, 11) is -1.75. The Morgan fingerprint density at radius 1 is 0.667 bits per heavy atom. The van der Waals surface area contributed by atoms with E-state index in [1.165, 1.54) is 15.9 Å². The molecule has 1 nitrogen and oxygen atoms in total. The van der Waals surface area contributed by atoms with Crippen molar-refractivity contribution in [1.82, 2.24) is 0 Å². The van der Waals surface area contributed by atoms with E-state index in [-0.39, 0.29) is 6.10 Å². The first-order chi connectivity index (χ1) is 11.6. The molecular weight excluding hydrogens is 311 g/mol. The summed E-state index contributed by atoms with van der Waals surface area (Å²) in [6.45, 7) is 6.55. The third-order valence-electron chi connectivity index (χ3n) is 4.25. The normalized spacial score (nSPS) is 11.5. The van der Waals surface area contributed by atoms with Crippen LogP contribution in [0.5, 0.6) is 5.75 Å². The number of hydrogen-bond donors (Lipinski definition) is 0. The quantitative estimate of drug-likeness (QED) is 0.628. The summed E-state index contributed by atoms with van der Waals surface area (Å²) in [4.78, 5) is 0. The third-order valence-corrected chi connectivity index (χ3v) is 8.25. The molecule has 0 fully saturated rings. The van der Waals surface area contributed by atoms with Crippen LogP contribution in [0, 0.1) is 0 Å². The van der Waals surface area contributed by atoms with Gasteiger partial charge in [0.15, 0.2) is 5.75 Å². The Morgan fingerprint density at radius 2 is 1.12 bits per heavy atom. The van der Waals surface area contributed by atoms with Crippen LogP contribution in [-0.2, 0) is 0 Å². The predicted octanol–water partition coefficient (Wildman–Crippen LogP) is 4.40. The molecule has 0 aliphatic rings. The zero-order valence-electron chi connectivity index (χ0n) is 14.5. The number of hydrogen-bond acceptors (Lipinski definition) is 1. The van der Waals surface area contributed by atoms with Crippen LogP contribution in [0.15, 0.2) is 84.9 Å². The standard InChI is InChI=1S/C22H24OP/c1-18(2)23-21-16-10-11-17-22(21)24(3,19-12-6-4-7-13-19)20-14-8-5-9-15-20/h4-18H,1-3H3/q+1. The van der Waals surface area contributed by atoms with E-state index in [9.17, 15) is 0 Å². The lowest BCUT2D eigenvalue weighted by Crippen LogP contribution is -2.31. The summed E-state index contributed by atoms with van der Waals surface area (Å²) in [6.07, 6.45) is 0.158. The molecule has 0 aromatic heterocycles. The van der Waals surface area contributed by atoms with Gasteiger partial charge in [-0.15, -0.1) is 0 Å². The molecule has 0 saturated carbocycles. The minimum Gasteiger partial charge on any atom is -0.487 e. The SMILES string of the molecule is CC(C)Oc1ccccc1[P+](C)(c1ccccc1)c1ccccc1. The number of rotatable bonds is 5. The van der Waals surface area contributed by atoms with Crippen molar-refractivity contribution in [3.8, 4) is 5.75 Å². The fourth-order valence-corrected chi connectivity index (χ4v) is 6.40. The maximum Gasteiger partial charge on any atom is 0.162 e. The first-order valence-corrected chi connectivity index (χ1v) is 10.6. The smallest absolute Gasteiger partial charge is 0.162 e. The second-order valence-corrected chi connectivity index (χ2v) is 9.84. The Morgan fingerprint density at radius 3 is 1.62 bits per heavy atom. The van der Waals surface area contributed by atoms with E-state index in [1.807, 2.05) is 0 Å². The van der Waals surface area contributed by atoms with E-state index in [0.717, 1.165) is 5.75 Å². The zero-order valence-corrected chi connectivity index (χ0v) is 15.4. The second kappa shape index (κ2) is 7.20. The molecule has 0 aliphatic heterocycles. The Kier molecular flexibility index (Phi) is 5.02. The summed E-state index contributed by atoms with van der Waals surface area (Å²) in [5, 5.41) is 4.04. The first-order valence-electron chi connectivity index (χ1n) is 8.36. The van der Waals surface area contributed by atoms with Gasteiger partial charge in [-0.2, -0.15) is 0 Å². The van der Waals surface area contributed by atoms with Crippen LogP contribution < -0.4 is 20.7 Å². The molecule has 0 amide bonds. The van der Waals surface area contributed by atoms with Crippen molar-refractivity contribution >= 4 is 23.2 Å². The molecule has 0 atom stereocenters. The average molecular weight is 335 g/mol. The largest absolute Gasteiger partial charge is 0.487 e.